The number of aliphatic hydroxyl groups is 2. The van der Waals surface area contributed by atoms with Crippen LogP contribution in [0.3, 0.4) is 0 Å². The molecular weight excluding hydrogens is 319 g/mol. The lowest BCUT2D eigenvalue weighted by Gasteiger charge is -2.37. The molecule has 1 fully saturated rings. The average molecular weight is 335 g/mol. The standard InChI is InChI=1S/C14H16F3NO5/c1-18(9-6-22-7-10(19)12(9)20)13(21)8-4-2-3-5-11(8)23-14(15,16)17/h2-5,9-10,12,19-20H,6-7H2,1H3/t9-,10-,12+/m1/s1. The summed E-state index contributed by atoms with van der Waals surface area (Å²) >= 11 is 0. The van der Waals surface area contributed by atoms with E-state index in [1.54, 1.807) is 0 Å². The first-order valence-electron chi connectivity index (χ1n) is 6.76. The number of amides is 1. The van der Waals surface area contributed by atoms with Crippen LogP contribution in [0, 0.1) is 0 Å². The molecule has 0 saturated carbocycles. The number of hydrogen-bond acceptors (Lipinski definition) is 5. The molecule has 0 unspecified atom stereocenters. The zero-order valence-electron chi connectivity index (χ0n) is 12.2. The van der Waals surface area contributed by atoms with Crippen LogP contribution in [0.1, 0.15) is 10.4 Å². The Labute approximate surface area is 130 Å². The number of nitrogens with zero attached hydrogens (tertiary/aromatic N) is 1. The van der Waals surface area contributed by atoms with Crippen molar-refractivity contribution in [1.29, 1.82) is 0 Å². The highest BCUT2D eigenvalue weighted by atomic mass is 19.4. The number of likely N-dealkylation sites (N-methyl/N-ethyl adjacent to an activating group) is 1. The molecule has 128 valence electrons. The monoisotopic (exact) mass is 335 g/mol. The Kier molecular flexibility index (Phi) is 5.12. The van der Waals surface area contributed by atoms with Gasteiger partial charge in [0.2, 0.25) is 0 Å². The second kappa shape index (κ2) is 6.73. The van der Waals surface area contributed by atoms with Crippen molar-refractivity contribution in [3.05, 3.63) is 29.8 Å². The number of carbonyl (C=O) groups is 1. The number of rotatable bonds is 3. The van der Waals surface area contributed by atoms with Gasteiger partial charge < -0.3 is 24.6 Å². The fourth-order valence-corrected chi connectivity index (χ4v) is 2.30. The molecule has 1 aliphatic heterocycles. The van der Waals surface area contributed by atoms with Crippen LogP contribution in [0.4, 0.5) is 13.2 Å². The molecule has 0 spiro atoms. The second-order valence-corrected chi connectivity index (χ2v) is 5.12. The van der Waals surface area contributed by atoms with E-state index in [9.17, 15) is 28.2 Å². The van der Waals surface area contributed by atoms with Crippen LogP contribution in [0.2, 0.25) is 0 Å². The molecule has 0 aromatic heterocycles. The van der Waals surface area contributed by atoms with Crippen LogP contribution in [0.5, 0.6) is 5.75 Å². The number of aliphatic hydroxyl groups excluding tert-OH is 2. The molecule has 1 aromatic carbocycles. The summed E-state index contributed by atoms with van der Waals surface area (Å²) in [5.41, 5.74) is -0.306. The Morgan fingerprint density at radius 3 is 2.61 bits per heavy atom. The fraction of sp³-hybridized carbons (Fsp3) is 0.500. The first kappa shape index (κ1) is 17.5. The largest absolute Gasteiger partial charge is 0.573 e. The van der Waals surface area contributed by atoms with Gasteiger partial charge in [-0.25, -0.2) is 0 Å². The highest BCUT2D eigenvalue weighted by molar-refractivity contribution is 5.97. The van der Waals surface area contributed by atoms with Gasteiger partial charge in [-0.3, -0.25) is 4.79 Å². The van der Waals surface area contributed by atoms with E-state index in [0.29, 0.717) is 0 Å². The topological polar surface area (TPSA) is 79.2 Å². The maximum absolute atomic E-state index is 12.4. The predicted octanol–water partition coefficient (Wildman–Crippen LogP) is 0.778. The third-order valence-electron chi connectivity index (χ3n) is 3.53. The zero-order chi connectivity index (χ0) is 17.2. The molecule has 23 heavy (non-hydrogen) atoms. The molecule has 0 aliphatic carbocycles. The summed E-state index contributed by atoms with van der Waals surface area (Å²) in [6.07, 6.45) is -7.36. The van der Waals surface area contributed by atoms with Gasteiger partial charge in [0.15, 0.2) is 0 Å². The number of para-hydroxylation sites is 1. The van der Waals surface area contributed by atoms with Crippen LogP contribution in [0.15, 0.2) is 24.3 Å². The van der Waals surface area contributed by atoms with Crippen LogP contribution >= 0.6 is 0 Å². The van der Waals surface area contributed by atoms with Crippen molar-refractivity contribution in [3.8, 4) is 5.75 Å². The van der Waals surface area contributed by atoms with Gasteiger partial charge in [-0.1, -0.05) is 12.1 Å². The maximum atomic E-state index is 12.4. The minimum atomic E-state index is -4.93. The van der Waals surface area contributed by atoms with Gasteiger partial charge in [-0.2, -0.15) is 0 Å². The Morgan fingerprint density at radius 2 is 1.96 bits per heavy atom. The number of carbonyl (C=O) groups excluding carboxylic acids is 1. The lowest BCUT2D eigenvalue weighted by Crippen LogP contribution is -2.56. The quantitative estimate of drug-likeness (QED) is 0.853. The molecule has 1 amide bonds. The normalized spacial score (nSPS) is 25.0. The summed E-state index contributed by atoms with van der Waals surface area (Å²) in [5.74, 6) is -1.42. The van der Waals surface area contributed by atoms with Gasteiger partial charge in [0.1, 0.15) is 18.0 Å². The number of alkyl halides is 3. The fourth-order valence-electron chi connectivity index (χ4n) is 2.30. The zero-order valence-corrected chi connectivity index (χ0v) is 12.2. The molecule has 1 saturated heterocycles. The first-order valence-corrected chi connectivity index (χ1v) is 6.76. The summed E-state index contributed by atoms with van der Waals surface area (Å²) in [4.78, 5) is 13.5. The summed E-state index contributed by atoms with van der Waals surface area (Å²) in [6.45, 7) is -0.115. The second-order valence-electron chi connectivity index (χ2n) is 5.12. The number of benzene rings is 1. The molecule has 2 N–H and O–H groups in total. The van der Waals surface area contributed by atoms with E-state index in [2.05, 4.69) is 4.74 Å². The highest BCUT2D eigenvalue weighted by Gasteiger charge is 2.38. The van der Waals surface area contributed by atoms with Crippen molar-refractivity contribution in [3.63, 3.8) is 0 Å². The molecule has 1 aromatic rings. The Bertz CT molecular complexity index is 566. The van der Waals surface area contributed by atoms with E-state index in [-0.39, 0.29) is 18.8 Å². The number of ether oxygens (including phenoxy) is 2. The molecule has 1 heterocycles. The van der Waals surface area contributed by atoms with Crippen molar-refractivity contribution in [2.45, 2.75) is 24.6 Å². The highest BCUT2D eigenvalue weighted by Crippen LogP contribution is 2.28. The van der Waals surface area contributed by atoms with Gasteiger partial charge in [0, 0.05) is 7.05 Å². The third-order valence-corrected chi connectivity index (χ3v) is 3.53. The summed E-state index contributed by atoms with van der Waals surface area (Å²) in [6, 6.07) is 4.03. The van der Waals surface area contributed by atoms with E-state index in [1.807, 2.05) is 0 Å². The Hall–Kier alpha value is -1.84. The minimum Gasteiger partial charge on any atom is -0.405 e. The SMILES string of the molecule is CN(C(=O)c1ccccc1OC(F)(F)F)[C@@H]1COC[C@@H](O)[C@H]1O. The molecule has 9 heteroatoms. The molecule has 0 radical (unpaired) electrons. The Morgan fingerprint density at radius 1 is 1.30 bits per heavy atom. The summed E-state index contributed by atoms with van der Waals surface area (Å²) < 4.78 is 46.2. The minimum absolute atomic E-state index is 0.0389. The lowest BCUT2D eigenvalue weighted by molar-refractivity contribution is -0.274. The molecule has 1 aliphatic rings. The predicted molar refractivity (Wildman–Crippen MR) is 71.8 cm³/mol. The van der Waals surface area contributed by atoms with Crippen LogP contribution in [-0.4, -0.2) is 65.9 Å². The smallest absolute Gasteiger partial charge is 0.405 e. The van der Waals surface area contributed by atoms with Crippen LogP contribution in [0.25, 0.3) is 0 Å². The summed E-state index contributed by atoms with van der Waals surface area (Å²) in [7, 11) is 1.31. The first-order chi connectivity index (χ1) is 10.7. The van der Waals surface area contributed by atoms with E-state index in [0.717, 1.165) is 11.0 Å². The van der Waals surface area contributed by atoms with Crippen LogP contribution in [-0.2, 0) is 4.74 Å². The van der Waals surface area contributed by atoms with E-state index in [1.165, 1.54) is 25.2 Å². The van der Waals surface area contributed by atoms with Gasteiger partial charge in [0.05, 0.1) is 24.8 Å². The van der Waals surface area contributed by atoms with Gasteiger partial charge in [-0.05, 0) is 12.1 Å². The average Bonchev–Trinajstić information content (AvgIpc) is 2.47. The van der Waals surface area contributed by atoms with Crippen molar-refractivity contribution in [1.82, 2.24) is 4.90 Å². The van der Waals surface area contributed by atoms with Crippen molar-refractivity contribution in [2.24, 2.45) is 0 Å². The van der Waals surface area contributed by atoms with Gasteiger partial charge >= 0.3 is 6.36 Å². The Balaban J connectivity index is 2.23. The molecule has 0 bridgehead atoms. The lowest BCUT2D eigenvalue weighted by atomic mass is 10.0. The molecule has 6 nitrogen and oxygen atoms in total. The van der Waals surface area contributed by atoms with Crippen molar-refractivity contribution < 1.29 is 37.7 Å². The molecular formula is C14H16F3NO5. The van der Waals surface area contributed by atoms with E-state index in [4.69, 9.17) is 4.74 Å². The van der Waals surface area contributed by atoms with Gasteiger partial charge in [0.25, 0.3) is 5.91 Å². The maximum Gasteiger partial charge on any atom is 0.573 e. The van der Waals surface area contributed by atoms with Crippen molar-refractivity contribution >= 4 is 5.91 Å². The van der Waals surface area contributed by atoms with E-state index < -0.39 is 36.3 Å². The number of halogens is 3. The summed E-state index contributed by atoms with van der Waals surface area (Å²) in [5, 5.41) is 19.5. The van der Waals surface area contributed by atoms with E-state index >= 15 is 0 Å². The van der Waals surface area contributed by atoms with Crippen LogP contribution < -0.4 is 4.74 Å². The van der Waals surface area contributed by atoms with Crippen molar-refractivity contribution in [2.75, 3.05) is 20.3 Å². The third kappa shape index (κ3) is 4.12. The molecule has 2 rings (SSSR count). The van der Waals surface area contributed by atoms with Gasteiger partial charge in [-0.15, -0.1) is 13.2 Å². The molecule has 3 atom stereocenters. The number of hydrogen-bond donors (Lipinski definition) is 2.